The Kier molecular flexibility index (Phi) is 5.89. The number of hydrogen-bond donors (Lipinski definition) is 0. The molecule has 2 aliphatic carbocycles. The van der Waals surface area contributed by atoms with Crippen LogP contribution in [0.2, 0.25) is 0 Å². The summed E-state index contributed by atoms with van der Waals surface area (Å²) in [5.74, 6) is 0. The number of hydrogen-bond acceptors (Lipinski definition) is 0. The van der Waals surface area contributed by atoms with Gasteiger partial charge in [-0.15, -0.1) is 0 Å². The Morgan fingerprint density at radius 3 is 1.41 bits per heavy atom. The fourth-order valence-corrected chi connectivity index (χ4v) is 10.7. The smallest absolute Gasteiger partial charge is 0.0726 e. The van der Waals surface area contributed by atoms with Crippen molar-refractivity contribution in [3.8, 4) is 39.1 Å². The first-order chi connectivity index (χ1) is 27.8. The molecule has 1 nitrogen and oxygen atoms in total. The first-order valence-electron chi connectivity index (χ1n) is 19.6. The fourth-order valence-electron chi connectivity index (χ4n) is 10.7. The van der Waals surface area contributed by atoms with Crippen LogP contribution in [0.5, 0.6) is 0 Å². The molecule has 2 aliphatic rings. The molecule has 0 bridgehead atoms. The quantitative estimate of drug-likeness (QED) is 0.158. The molecule has 56 heavy (non-hydrogen) atoms. The zero-order valence-electron chi connectivity index (χ0n) is 30.5. The third-order valence-corrected chi connectivity index (χ3v) is 13.0. The van der Waals surface area contributed by atoms with E-state index < -0.39 is 5.41 Å². The molecular formula is C55H33N. The van der Waals surface area contributed by atoms with Gasteiger partial charge in [0.2, 0.25) is 0 Å². The summed E-state index contributed by atoms with van der Waals surface area (Å²) in [6, 6.07) is 75.0. The van der Waals surface area contributed by atoms with Crippen LogP contribution in [0.25, 0.3) is 93.2 Å². The molecule has 13 rings (SSSR count). The maximum Gasteiger partial charge on any atom is 0.0726 e. The Bertz CT molecular complexity index is 3410. The van der Waals surface area contributed by atoms with E-state index >= 15 is 0 Å². The second-order valence-electron chi connectivity index (χ2n) is 15.6. The lowest BCUT2D eigenvalue weighted by atomic mass is 9.70. The van der Waals surface area contributed by atoms with Gasteiger partial charge in [0, 0.05) is 16.5 Å². The normalized spacial score (nSPS) is 13.5. The van der Waals surface area contributed by atoms with Crippen molar-refractivity contribution in [2.24, 2.45) is 0 Å². The van der Waals surface area contributed by atoms with Gasteiger partial charge in [0.25, 0.3) is 0 Å². The van der Waals surface area contributed by atoms with Crippen molar-refractivity contribution in [1.29, 1.82) is 0 Å². The molecule has 11 aromatic rings. The Morgan fingerprint density at radius 1 is 0.268 bits per heavy atom. The van der Waals surface area contributed by atoms with Crippen molar-refractivity contribution >= 4 is 54.1 Å². The predicted octanol–water partition coefficient (Wildman–Crippen LogP) is 14.3. The summed E-state index contributed by atoms with van der Waals surface area (Å²) in [6.45, 7) is 0. The Balaban J connectivity index is 1.07. The van der Waals surface area contributed by atoms with E-state index in [0.29, 0.717) is 0 Å². The van der Waals surface area contributed by atoms with Crippen molar-refractivity contribution in [3.05, 3.63) is 222 Å². The molecule has 0 saturated carbocycles. The fraction of sp³-hybridized carbons (Fsp3) is 0.0182. The first-order valence-corrected chi connectivity index (χ1v) is 19.6. The van der Waals surface area contributed by atoms with Gasteiger partial charge in [-0.2, -0.15) is 0 Å². The van der Waals surface area contributed by atoms with E-state index in [0.717, 1.165) is 5.69 Å². The molecule has 258 valence electrons. The first kappa shape index (κ1) is 30.1. The van der Waals surface area contributed by atoms with Crippen molar-refractivity contribution in [1.82, 2.24) is 4.57 Å². The van der Waals surface area contributed by atoms with Crippen LogP contribution in [0.3, 0.4) is 0 Å². The maximum absolute atomic E-state index is 2.53. The highest BCUT2D eigenvalue weighted by Gasteiger charge is 2.51. The minimum Gasteiger partial charge on any atom is -0.309 e. The Morgan fingerprint density at radius 2 is 0.768 bits per heavy atom. The second kappa shape index (κ2) is 10.9. The molecule has 10 aromatic carbocycles. The number of fused-ring (bicyclic) bond motifs is 19. The van der Waals surface area contributed by atoms with Crippen LogP contribution in [0.4, 0.5) is 0 Å². The SMILES string of the molecule is c1cc(-c2ccc3c4ccccc4c4ccccc4c3c2)cc(-n2c3ccccc3c3cc4c(cc32)C2(c3ccccc3-c3ccccc32)c2ccccc2-4)c1. The molecule has 0 amide bonds. The van der Waals surface area contributed by atoms with Gasteiger partial charge in [0.15, 0.2) is 0 Å². The molecule has 0 fully saturated rings. The zero-order valence-corrected chi connectivity index (χ0v) is 30.5. The van der Waals surface area contributed by atoms with E-state index in [-0.39, 0.29) is 0 Å². The van der Waals surface area contributed by atoms with Gasteiger partial charge in [-0.3, -0.25) is 0 Å². The summed E-state index contributed by atoms with van der Waals surface area (Å²) >= 11 is 0. The Labute approximate surface area is 324 Å². The minimum atomic E-state index is -0.394. The van der Waals surface area contributed by atoms with Crippen molar-refractivity contribution in [2.45, 2.75) is 5.41 Å². The van der Waals surface area contributed by atoms with Gasteiger partial charge in [-0.05, 0) is 124 Å². The zero-order chi connectivity index (χ0) is 36.5. The number of aromatic nitrogens is 1. The average Bonchev–Trinajstić information content (AvgIpc) is 3.87. The van der Waals surface area contributed by atoms with E-state index in [2.05, 4.69) is 205 Å². The molecular weight excluding hydrogens is 675 g/mol. The summed E-state index contributed by atoms with van der Waals surface area (Å²) in [7, 11) is 0. The summed E-state index contributed by atoms with van der Waals surface area (Å²) in [5, 5.41) is 10.3. The van der Waals surface area contributed by atoms with Crippen molar-refractivity contribution in [3.63, 3.8) is 0 Å². The number of para-hydroxylation sites is 1. The molecule has 1 aromatic heterocycles. The molecule has 1 heterocycles. The second-order valence-corrected chi connectivity index (χ2v) is 15.6. The lowest BCUT2D eigenvalue weighted by Crippen LogP contribution is -2.25. The highest BCUT2D eigenvalue weighted by atomic mass is 15.0. The third kappa shape index (κ3) is 3.75. The van der Waals surface area contributed by atoms with Crippen molar-refractivity contribution in [2.75, 3.05) is 0 Å². The molecule has 1 spiro atoms. The van der Waals surface area contributed by atoms with Gasteiger partial charge >= 0.3 is 0 Å². The average molecular weight is 708 g/mol. The van der Waals surface area contributed by atoms with Crippen LogP contribution in [0.15, 0.2) is 200 Å². The topological polar surface area (TPSA) is 4.93 Å². The number of nitrogens with zero attached hydrogens (tertiary/aromatic N) is 1. The summed E-state index contributed by atoms with van der Waals surface area (Å²) < 4.78 is 2.50. The standard InChI is InChI=1S/C55H33N/c1-2-18-39-37(16-1)38-17-3-4-19-40(38)46-31-35(28-29-41(39)46)34-14-13-15-36(30-34)56-53-27-12-8-23-45(53)48-32-47-44-22-7-11-26-51(44)55(52(47)33-54(48)56)49-24-9-5-20-42(49)43-21-6-10-25-50(43)55/h1-33H. The van der Waals surface area contributed by atoms with Crippen LogP contribution < -0.4 is 0 Å². The predicted molar refractivity (Wildman–Crippen MR) is 235 cm³/mol. The van der Waals surface area contributed by atoms with E-state index in [1.54, 1.807) is 0 Å². The number of benzene rings is 10. The largest absolute Gasteiger partial charge is 0.309 e. The molecule has 0 aliphatic heterocycles. The monoisotopic (exact) mass is 707 g/mol. The molecule has 1 heteroatoms. The molecule has 0 unspecified atom stereocenters. The molecule has 0 saturated heterocycles. The lowest BCUT2D eigenvalue weighted by molar-refractivity contribution is 0.794. The highest BCUT2D eigenvalue weighted by molar-refractivity contribution is 6.25. The highest BCUT2D eigenvalue weighted by Crippen LogP contribution is 2.63. The van der Waals surface area contributed by atoms with E-state index in [1.807, 2.05) is 0 Å². The Hall–Kier alpha value is -7.22. The van der Waals surface area contributed by atoms with Crippen molar-refractivity contribution < 1.29 is 0 Å². The number of rotatable bonds is 2. The van der Waals surface area contributed by atoms with Gasteiger partial charge in [-0.25, -0.2) is 0 Å². The lowest BCUT2D eigenvalue weighted by Gasteiger charge is -2.30. The van der Waals surface area contributed by atoms with Crippen LogP contribution >= 0.6 is 0 Å². The molecule has 0 atom stereocenters. The van der Waals surface area contributed by atoms with Gasteiger partial charge in [0.1, 0.15) is 0 Å². The van der Waals surface area contributed by atoms with Gasteiger partial charge in [0.05, 0.1) is 16.4 Å². The van der Waals surface area contributed by atoms with Crippen LogP contribution in [-0.2, 0) is 5.41 Å². The van der Waals surface area contributed by atoms with Gasteiger partial charge < -0.3 is 4.57 Å². The van der Waals surface area contributed by atoms with E-state index in [4.69, 9.17) is 0 Å². The van der Waals surface area contributed by atoms with Gasteiger partial charge in [-0.1, -0.05) is 164 Å². The van der Waals surface area contributed by atoms with E-state index in [9.17, 15) is 0 Å². The molecule has 0 N–H and O–H groups in total. The molecule has 0 radical (unpaired) electrons. The van der Waals surface area contributed by atoms with Crippen LogP contribution in [0.1, 0.15) is 22.3 Å². The minimum absolute atomic E-state index is 0.394. The van der Waals surface area contributed by atoms with Crippen LogP contribution in [-0.4, -0.2) is 4.57 Å². The van der Waals surface area contributed by atoms with E-state index in [1.165, 1.54) is 110 Å². The summed E-state index contributed by atoms with van der Waals surface area (Å²) in [6.07, 6.45) is 0. The third-order valence-electron chi connectivity index (χ3n) is 13.0. The maximum atomic E-state index is 2.53. The summed E-state index contributed by atoms with van der Waals surface area (Å²) in [5.41, 5.74) is 16.4. The van der Waals surface area contributed by atoms with Crippen LogP contribution in [0, 0.1) is 0 Å². The summed E-state index contributed by atoms with van der Waals surface area (Å²) in [4.78, 5) is 0.